The number of hydrogen-bond acceptors (Lipinski definition) is 4. The number of rotatable bonds is 3. The molecule has 0 saturated carbocycles. The molecule has 0 saturated heterocycles. The number of ether oxygens (including phenoxy) is 1. The first-order chi connectivity index (χ1) is 9.61. The largest absolute Gasteiger partial charge is 0.453 e. The number of non-ortho nitro benzene ring substituents is 1. The molecule has 100 valence electrons. The summed E-state index contributed by atoms with van der Waals surface area (Å²) in [5.74, 6) is 4.88. The van der Waals surface area contributed by atoms with Crippen LogP contribution < -0.4 is 4.74 Å². The third-order valence-corrected chi connectivity index (χ3v) is 2.39. The Morgan fingerprint density at radius 2 is 2.15 bits per heavy atom. The van der Waals surface area contributed by atoms with Crippen LogP contribution in [0, 0.1) is 27.8 Å². The van der Waals surface area contributed by atoms with Crippen LogP contribution in [0.25, 0.3) is 0 Å². The summed E-state index contributed by atoms with van der Waals surface area (Å²) >= 11 is 0. The Balaban J connectivity index is 2.35. The van der Waals surface area contributed by atoms with Crippen LogP contribution in [0.4, 0.5) is 10.1 Å². The molecule has 0 bridgehead atoms. The van der Waals surface area contributed by atoms with Gasteiger partial charge in [0.2, 0.25) is 0 Å². The van der Waals surface area contributed by atoms with E-state index in [1.807, 2.05) is 0 Å². The second kappa shape index (κ2) is 5.80. The standard InChI is InChI=1S/C14H9FN2O3/c1-2-3-10-9-16-7-6-13(10)20-14-5-4-11(17(18)19)8-12(14)15/h4-9H,1H3. The van der Waals surface area contributed by atoms with E-state index in [4.69, 9.17) is 4.74 Å². The van der Waals surface area contributed by atoms with E-state index in [1.54, 1.807) is 13.0 Å². The Labute approximate surface area is 114 Å². The summed E-state index contributed by atoms with van der Waals surface area (Å²) in [4.78, 5) is 13.8. The molecule has 0 aliphatic heterocycles. The number of nitro benzene ring substituents is 1. The van der Waals surface area contributed by atoms with E-state index in [1.165, 1.54) is 24.5 Å². The highest BCUT2D eigenvalue weighted by molar-refractivity contribution is 5.47. The lowest BCUT2D eigenvalue weighted by molar-refractivity contribution is -0.385. The summed E-state index contributed by atoms with van der Waals surface area (Å²) in [6, 6.07) is 4.73. The quantitative estimate of drug-likeness (QED) is 0.488. The van der Waals surface area contributed by atoms with Gasteiger partial charge in [0, 0.05) is 24.5 Å². The molecule has 0 unspecified atom stereocenters. The Morgan fingerprint density at radius 3 is 2.80 bits per heavy atom. The zero-order valence-corrected chi connectivity index (χ0v) is 10.5. The van der Waals surface area contributed by atoms with Crippen molar-refractivity contribution in [3.8, 4) is 23.3 Å². The normalized spacial score (nSPS) is 9.50. The van der Waals surface area contributed by atoms with Gasteiger partial charge in [0.05, 0.1) is 16.6 Å². The maximum absolute atomic E-state index is 13.7. The molecule has 1 aromatic carbocycles. The molecule has 0 fully saturated rings. The van der Waals surface area contributed by atoms with Crippen LogP contribution in [-0.2, 0) is 0 Å². The minimum Gasteiger partial charge on any atom is -0.453 e. The van der Waals surface area contributed by atoms with Gasteiger partial charge in [-0.2, -0.15) is 0 Å². The van der Waals surface area contributed by atoms with Crippen LogP contribution in [0.2, 0.25) is 0 Å². The predicted molar refractivity (Wildman–Crippen MR) is 69.9 cm³/mol. The number of pyridine rings is 1. The molecule has 2 rings (SSSR count). The van der Waals surface area contributed by atoms with Gasteiger partial charge in [-0.3, -0.25) is 15.1 Å². The number of nitro groups is 1. The van der Waals surface area contributed by atoms with Crippen molar-refractivity contribution < 1.29 is 14.1 Å². The fourth-order valence-electron chi connectivity index (χ4n) is 1.50. The van der Waals surface area contributed by atoms with Gasteiger partial charge in [-0.1, -0.05) is 5.92 Å². The number of nitrogens with zero attached hydrogens (tertiary/aromatic N) is 2. The molecular formula is C14H9FN2O3. The zero-order valence-electron chi connectivity index (χ0n) is 10.5. The second-order valence-corrected chi connectivity index (χ2v) is 3.72. The monoisotopic (exact) mass is 272 g/mol. The molecule has 1 aromatic heterocycles. The smallest absolute Gasteiger partial charge is 0.272 e. The molecule has 6 heteroatoms. The highest BCUT2D eigenvalue weighted by atomic mass is 19.1. The van der Waals surface area contributed by atoms with Crippen LogP contribution in [-0.4, -0.2) is 9.91 Å². The average Bonchev–Trinajstić information content (AvgIpc) is 2.43. The lowest BCUT2D eigenvalue weighted by atomic mass is 10.2. The van der Waals surface area contributed by atoms with Crippen LogP contribution >= 0.6 is 0 Å². The van der Waals surface area contributed by atoms with Gasteiger partial charge in [0.25, 0.3) is 5.69 Å². The van der Waals surface area contributed by atoms with Crippen LogP contribution in [0.5, 0.6) is 11.5 Å². The molecule has 2 aromatic rings. The summed E-state index contributed by atoms with van der Waals surface area (Å²) in [7, 11) is 0. The maximum Gasteiger partial charge on any atom is 0.272 e. The molecule has 0 aliphatic rings. The van der Waals surface area contributed by atoms with E-state index in [9.17, 15) is 14.5 Å². The lowest BCUT2D eigenvalue weighted by Gasteiger charge is -2.08. The molecular weight excluding hydrogens is 263 g/mol. The number of aromatic nitrogens is 1. The minimum absolute atomic E-state index is 0.110. The predicted octanol–water partition coefficient (Wildman–Crippen LogP) is 3.29. The summed E-state index contributed by atoms with van der Waals surface area (Å²) < 4.78 is 19.1. The van der Waals surface area contributed by atoms with Crippen LogP contribution in [0.15, 0.2) is 36.7 Å². The van der Waals surface area contributed by atoms with Crippen molar-refractivity contribution in [3.63, 3.8) is 0 Å². The first kappa shape index (κ1) is 13.5. The van der Waals surface area contributed by atoms with Crippen LogP contribution in [0.1, 0.15) is 12.5 Å². The van der Waals surface area contributed by atoms with E-state index < -0.39 is 10.7 Å². The molecule has 0 atom stereocenters. The van der Waals surface area contributed by atoms with E-state index in [0.717, 1.165) is 6.07 Å². The minimum atomic E-state index is -0.814. The molecule has 1 heterocycles. The van der Waals surface area contributed by atoms with E-state index in [-0.39, 0.29) is 11.4 Å². The van der Waals surface area contributed by atoms with Gasteiger partial charge in [0.15, 0.2) is 11.6 Å². The summed E-state index contributed by atoms with van der Waals surface area (Å²) in [5, 5.41) is 10.5. The fourth-order valence-corrected chi connectivity index (χ4v) is 1.50. The van der Waals surface area contributed by atoms with Crippen molar-refractivity contribution in [3.05, 3.63) is 58.2 Å². The van der Waals surface area contributed by atoms with Gasteiger partial charge in [-0.05, 0) is 13.0 Å². The van der Waals surface area contributed by atoms with Crippen molar-refractivity contribution in [1.82, 2.24) is 4.98 Å². The van der Waals surface area contributed by atoms with Crippen molar-refractivity contribution in [2.45, 2.75) is 6.92 Å². The SMILES string of the molecule is CC#Cc1cnccc1Oc1ccc([N+](=O)[O-])cc1F. The molecule has 0 spiro atoms. The first-order valence-electron chi connectivity index (χ1n) is 5.60. The van der Waals surface area contributed by atoms with Crippen molar-refractivity contribution >= 4 is 5.69 Å². The fraction of sp³-hybridized carbons (Fsp3) is 0.0714. The van der Waals surface area contributed by atoms with E-state index in [0.29, 0.717) is 11.3 Å². The molecule has 20 heavy (non-hydrogen) atoms. The maximum atomic E-state index is 13.7. The highest BCUT2D eigenvalue weighted by Crippen LogP contribution is 2.28. The number of halogens is 1. The molecule has 0 aliphatic carbocycles. The van der Waals surface area contributed by atoms with Gasteiger partial charge < -0.3 is 4.74 Å². The third kappa shape index (κ3) is 2.90. The Hall–Kier alpha value is -2.94. The van der Waals surface area contributed by atoms with E-state index >= 15 is 0 Å². The average molecular weight is 272 g/mol. The van der Waals surface area contributed by atoms with Gasteiger partial charge in [0.1, 0.15) is 5.75 Å². The number of benzene rings is 1. The van der Waals surface area contributed by atoms with E-state index in [2.05, 4.69) is 16.8 Å². The van der Waals surface area contributed by atoms with Gasteiger partial charge >= 0.3 is 0 Å². The topological polar surface area (TPSA) is 65.3 Å². The Bertz CT molecular complexity index is 720. The van der Waals surface area contributed by atoms with Gasteiger partial charge in [-0.25, -0.2) is 4.39 Å². The third-order valence-electron chi connectivity index (χ3n) is 2.39. The Morgan fingerprint density at radius 1 is 1.35 bits per heavy atom. The van der Waals surface area contributed by atoms with Gasteiger partial charge in [-0.15, -0.1) is 5.92 Å². The number of hydrogen-bond donors (Lipinski definition) is 0. The lowest BCUT2D eigenvalue weighted by Crippen LogP contribution is -1.94. The van der Waals surface area contributed by atoms with Crippen LogP contribution in [0.3, 0.4) is 0 Å². The molecule has 0 N–H and O–H groups in total. The summed E-state index contributed by atoms with van der Waals surface area (Å²) in [6.07, 6.45) is 2.98. The summed E-state index contributed by atoms with van der Waals surface area (Å²) in [5.41, 5.74) is 0.172. The first-order valence-corrected chi connectivity index (χ1v) is 5.60. The zero-order chi connectivity index (χ0) is 14.5. The molecule has 0 amide bonds. The molecule has 5 nitrogen and oxygen atoms in total. The molecule has 0 radical (unpaired) electrons. The Kier molecular flexibility index (Phi) is 3.91. The highest BCUT2D eigenvalue weighted by Gasteiger charge is 2.13. The van der Waals surface area contributed by atoms with Crippen molar-refractivity contribution in [2.24, 2.45) is 0 Å². The van der Waals surface area contributed by atoms with Crippen molar-refractivity contribution in [2.75, 3.05) is 0 Å². The van der Waals surface area contributed by atoms with Crippen molar-refractivity contribution in [1.29, 1.82) is 0 Å². The second-order valence-electron chi connectivity index (χ2n) is 3.72. The summed E-state index contributed by atoms with van der Waals surface area (Å²) in [6.45, 7) is 1.66.